The predicted molar refractivity (Wildman–Crippen MR) is 82.7 cm³/mol. The van der Waals surface area contributed by atoms with Gasteiger partial charge >= 0.3 is 0 Å². The summed E-state index contributed by atoms with van der Waals surface area (Å²) in [6, 6.07) is 7.65. The first-order chi connectivity index (χ1) is 10.1. The van der Waals surface area contributed by atoms with Crippen molar-refractivity contribution in [1.29, 1.82) is 0 Å². The van der Waals surface area contributed by atoms with Crippen LogP contribution in [-0.2, 0) is 4.79 Å². The van der Waals surface area contributed by atoms with Crippen molar-refractivity contribution in [2.75, 3.05) is 20.2 Å². The number of likely N-dealkylation sites (tertiary alicyclic amines) is 1. The van der Waals surface area contributed by atoms with Crippen LogP contribution in [0.25, 0.3) is 0 Å². The second-order valence-electron chi connectivity index (χ2n) is 5.97. The SMILES string of the molecule is COc1ccc(OC2CCN(C(=O)CC(C)C)CC2)cc1. The minimum absolute atomic E-state index is 0.196. The summed E-state index contributed by atoms with van der Waals surface area (Å²) in [6.07, 6.45) is 2.64. The van der Waals surface area contributed by atoms with Crippen molar-refractivity contribution in [3.05, 3.63) is 24.3 Å². The quantitative estimate of drug-likeness (QED) is 0.836. The standard InChI is InChI=1S/C17H25NO3/c1-13(2)12-17(19)18-10-8-16(9-11-18)21-15-6-4-14(20-3)5-7-15/h4-7,13,16H,8-12H2,1-3H3. The Kier molecular flexibility index (Phi) is 5.48. The van der Waals surface area contributed by atoms with Crippen molar-refractivity contribution in [1.82, 2.24) is 4.90 Å². The molecule has 0 radical (unpaired) electrons. The summed E-state index contributed by atoms with van der Waals surface area (Å²) < 4.78 is 11.1. The van der Waals surface area contributed by atoms with Crippen LogP contribution in [0.3, 0.4) is 0 Å². The Balaban J connectivity index is 1.79. The van der Waals surface area contributed by atoms with Crippen LogP contribution in [0.4, 0.5) is 0 Å². The fraction of sp³-hybridized carbons (Fsp3) is 0.588. The second-order valence-corrected chi connectivity index (χ2v) is 5.97. The number of hydrogen-bond acceptors (Lipinski definition) is 3. The van der Waals surface area contributed by atoms with E-state index in [4.69, 9.17) is 9.47 Å². The van der Waals surface area contributed by atoms with Crippen molar-refractivity contribution in [3.63, 3.8) is 0 Å². The van der Waals surface area contributed by atoms with Gasteiger partial charge in [-0.05, 0) is 30.2 Å². The molecule has 4 heteroatoms. The number of piperidine rings is 1. The van der Waals surface area contributed by atoms with Gasteiger partial charge in [0.1, 0.15) is 17.6 Å². The van der Waals surface area contributed by atoms with Crippen molar-refractivity contribution in [2.45, 2.75) is 39.2 Å². The second kappa shape index (κ2) is 7.34. The van der Waals surface area contributed by atoms with Gasteiger partial charge in [-0.15, -0.1) is 0 Å². The molecule has 1 fully saturated rings. The van der Waals surface area contributed by atoms with Crippen molar-refractivity contribution in [3.8, 4) is 11.5 Å². The molecule has 0 N–H and O–H groups in total. The molecule has 1 aliphatic rings. The molecule has 1 aromatic rings. The number of ether oxygens (including phenoxy) is 2. The molecule has 21 heavy (non-hydrogen) atoms. The molecule has 1 heterocycles. The van der Waals surface area contributed by atoms with Gasteiger partial charge in [0.15, 0.2) is 0 Å². The zero-order valence-electron chi connectivity index (χ0n) is 13.2. The number of nitrogens with zero attached hydrogens (tertiary/aromatic N) is 1. The number of hydrogen-bond donors (Lipinski definition) is 0. The van der Waals surface area contributed by atoms with E-state index in [1.54, 1.807) is 7.11 Å². The lowest BCUT2D eigenvalue weighted by atomic mass is 10.0. The van der Waals surface area contributed by atoms with Crippen LogP contribution in [0.2, 0.25) is 0 Å². The van der Waals surface area contributed by atoms with Crippen LogP contribution in [0.5, 0.6) is 11.5 Å². The topological polar surface area (TPSA) is 38.8 Å². The number of carbonyl (C=O) groups is 1. The first kappa shape index (κ1) is 15.7. The van der Waals surface area contributed by atoms with Crippen LogP contribution in [0.1, 0.15) is 33.1 Å². The Morgan fingerprint density at radius 3 is 2.29 bits per heavy atom. The van der Waals surface area contributed by atoms with E-state index in [1.807, 2.05) is 29.2 Å². The van der Waals surface area contributed by atoms with Gasteiger partial charge in [0.2, 0.25) is 5.91 Å². The van der Waals surface area contributed by atoms with Gasteiger partial charge in [-0.3, -0.25) is 4.79 Å². The fourth-order valence-corrected chi connectivity index (χ4v) is 2.55. The Bertz CT molecular complexity index is 448. The minimum atomic E-state index is 0.196. The summed E-state index contributed by atoms with van der Waals surface area (Å²) in [5, 5.41) is 0. The molecule has 4 nitrogen and oxygen atoms in total. The maximum absolute atomic E-state index is 12.0. The molecule has 1 amide bonds. The minimum Gasteiger partial charge on any atom is -0.497 e. The van der Waals surface area contributed by atoms with E-state index in [0.717, 1.165) is 37.4 Å². The molecular weight excluding hydrogens is 266 g/mol. The monoisotopic (exact) mass is 291 g/mol. The fourth-order valence-electron chi connectivity index (χ4n) is 2.55. The van der Waals surface area contributed by atoms with Gasteiger partial charge < -0.3 is 14.4 Å². The van der Waals surface area contributed by atoms with Gasteiger partial charge in [0, 0.05) is 32.4 Å². The maximum Gasteiger partial charge on any atom is 0.222 e. The molecule has 0 unspecified atom stereocenters. The van der Waals surface area contributed by atoms with Crippen molar-refractivity contribution in [2.24, 2.45) is 5.92 Å². The van der Waals surface area contributed by atoms with Gasteiger partial charge in [0.05, 0.1) is 7.11 Å². The van der Waals surface area contributed by atoms with Gasteiger partial charge in [-0.25, -0.2) is 0 Å². The van der Waals surface area contributed by atoms with Gasteiger partial charge in [-0.2, -0.15) is 0 Å². The molecule has 0 bridgehead atoms. The maximum atomic E-state index is 12.0. The Hall–Kier alpha value is -1.71. The van der Waals surface area contributed by atoms with E-state index in [9.17, 15) is 4.79 Å². The molecule has 0 saturated carbocycles. The van der Waals surface area contributed by atoms with E-state index in [1.165, 1.54) is 0 Å². The van der Waals surface area contributed by atoms with Crippen molar-refractivity contribution >= 4 is 5.91 Å². The highest BCUT2D eigenvalue weighted by Gasteiger charge is 2.24. The zero-order chi connectivity index (χ0) is 15.2. The summed E-state index contributed by atoms with van der Waals surface area (Å²) in [6.45, 7) is 5.76. The normalized spacial score (nSPS) is 16.1. The van der Waals surface area contributed by atoms with Crippen LogP contribution < -0.4 is 9.47 Å². The lowest BCUT2D eigenvalue weighted by molar-refractivity contribution is -0.133. The first-order valence-corrected chi connectivity index (χ1v) is 7.67. The summed E-state index contributed by atoms with van der Waals surface area (Å²) in [7, 11) is 1.65. The van der Waals surface area contributed by atoms with Crippen molar-refractivity contribution < 1.29 is 14.3 Å². The molecule has 0 atom stereocenters. The summed E-state index contributed by atoms with van der Waals surface area (Å²) in [5.41, 5.74) is 0. The lowest BCUT2D eigenvalue weighted by Crippen LogP contribution is -2.42. The third-order valence-electron chi connectivity index (χ3n) is 3.74. The smallest absolute Gasteiger partial charge is 0.222 e. The average Bonchev–Trinajstić information content (AvgIpc) is 2.48. The predicted octanol–water partition coefficient (Wildman–Crippen LogP) is 3.11. The van der Waals surface area contributed by atoms with Crippen LogP contribution >= 0.6 is 0 Å². The highest BCUT2D eigenvalue weighted by Crippen LogP contribution is 2.22. The average molecular weight is 291 g/mol. The molecule has 116 valence electrons. The molecule has 0 aromatic heterocycles. The third kappa shape index (κ3) is 4.66. The molecule has 0 spiro atoms. The molecular formula is C17H25NO3. The number of amides is 1. The molecule has 1 saturated heterocycles. The number of rotatable bonds is 5. The number of carbonyl (C=O) groups excluding carboxylic acids is 1. The highest BCUT2D eigenvalue weighted by molar-refractivity contribution is 5.76. The zero-order valence-corrected chi connectivity index (χ0v) is 13.2. The highest BCUT2D eigenvalue weighted by atomic mass is 16.5. The summed E-state index contributed by atoms with van der Waals surface area (Å²) in [5.74, 6) is 2.39. The Labute approximate surface area is 127 Å². The summed E-state index contributed by atoms with van der Waals surface area (Å²) in [4.78, 5) is 14.0. The first-order valence-electron chi connectivity index (χ1n) is 7.67. The molecule has 2 rings (SSSR count). The van der Waals surface area contributed by atoms with E-state index in [0.29, 0.717) is 12.3 Å². The molecule has 1 aliphatic heterocycles. The van der Waals surface area contributed by atoms with Crippen LogP contribution in [0, 0.1) is 5.92 Å². The van der Waals surface area contributed by atoms with Crippen LogP contribution in [-0.4, -0.2) is 37.1 Å². The molecule has 0 aliphatic carbocycles. The molecule has 1 aromatic carbocycles. The Morgan fingerprint density at radius 1 is 1.19 bits per heavy atom. The van der Waals surface area contributed by atoms with E-state index in [-0.39, 0.29) is 12.0 Å². The van der Waals surface area contributed by atoms with E-state index < -0.39 is 0 Å². The Morgan fingerprint density at radius 2 is 1.76 bits per heavy atom. The number of benzene rings is 1. The van der Waals surface area contributed by atoms with Gasteiger partial charge in [-0.1, -0.05) is 13.8 Å². The van der Waals surface area contributed by atoms with Crippen LogP contribution in [0.15, 0.2) is 24.3 Å². The largest absolute Gasteiger partial charge is 0.497 e. The van der Waals surface area contributed by atoms with E-state index in [2.05, 4.69) is 13.8 Å². The third-order valence-corrected chi connectivity index (χ3v) is 3.74. The van der Waals surface area contributed by atoms with E-state index >= 15 is 0 Å². The lowest BCUT2D eigenvalue weighted by Gasteiger charge is -2.32. The number of methoxy groups -OCH3 is 1. The summed E-state index contributed by atoms with van der Waals surface area (Å²) >= 11 is 0. The van der Waals surface area contributed by atoms with Gasteiger partial charge in [0.25, 0.3) is 0 Å².